The number of hydrogen-bond donors (Lipinski definition) is 2. The average Bonchev–Trinajstić information content (AvgIpc) is 2.38. The van der Waals surface area contributed by atoms with Gasteiger partial charge in [0.1, 0.15) is 0 Å². The van der Waals surface area contributed by atoms with Crippen LogP contribution in [0.3, 0.4) is 0 Å². The number of aliphatic hydroxyl groups excluding tert-OH is 1. The summed E-state index contributed by atoms with van der Waals surface area (Å²) in [6, 6.07) is 7.96. The molecule has 0 heterocycles. The first-order valence-electron chi connectivity index (χ1n) is 6.80. The number of aryl methyl sites for hydroxylation is 1. The lowest BCUT2D eigenvalue weighted by Gasteiger charge is -2.25. The molecule has 0 bridgehead atoms. The van der Waals surface area contributed by atoms with Gasteiger partial charge in [-0.05, 0) is 48.4 Å². The van der Waals surface area contributed by atoms with Crippen molar-refractivity contribution in [2.24, 2.45) is 5.41 Å². The molecular weight excluding hydrogens is 236 g/mol. The van der Waals surface area contributed by atoms with Crippen LogP contribution >= 0.6 is 0 Å². The molecule has 0 fully saturated rings. The summed E-state index contributed by atoms with van der Waals surface area (Å²) in [7, 11) is 0. The van der Waals surface area contributed by atoms with Crippen LogP contribution in [-0.4, -0.2) is 18.3 Å². The second-order valence-corrected chi connectivity index (χ2v) is 5.85. The number of nitriles is 1. The highest BCUT2D eigenvalue weighted by atomic mass is 16.2. The highest BCUT2D eigenvalue weighted by Gasteiger charge is 2.16. The fourth-order valence-electron chi connectivity index (χ4n) is 2.15. The van der Waals surface area contributed by atoms with Gasteiger partial charge < -0.3 is 10.4 Å². The minimum Gasteiger partial charge on any atom is -0.396 e. The fraction of sp³-hybridized carbons (Fsp3) is 0.562. The summed E-state index contributed by atoms with van der Waals surface area (Å²) in [5, 5.41) is 21.2. The number of rotatable bonds is 7. The number of aliphatic hydroxyl groups is 1. The molecule has 0 saturated heterocycles. The molecule has 1 aromatic rings. The molecule has 1 aromatic carbocycles. The van der Waals surface area contributed by atoms with Gasteiger partial charge in [0.2, 0.25) is 0 Å². The van der Waals surface area contributed by atoms with E-state index in [0.29, 0.717) is 5.56 Å². The minimum absolute atomic E-state index is 0.198. The largest absolute Gasteiger partial charge is 0.396 e. The molecule has 0 aliphatic carbocycles. The monoisotopic (exact) mass is 260 g/mol. The molecule has 0 amide bonds. The van der Waals surface area contributed by atoms with Crippen molar-refractivity contribution in [2.45, 2.75) is 40.2 Å². The Balaban J connectivity index is 2.47. The smallest absolute Gasteiger partial charge is 0.0991 e. The molecule has 3 heteroatoms. The van der Waals surface area contributed by atoms with Crippen molar-refractivity contribution in [2.75, 3.05) is 13.2 Å². The molecule has 0 radical (unpaired) electrons. The first-order valence-corrected chi connectivity index (χ1v) is 6.80. The van der Waals surface area contributed by atoms with Crippen molar-refractivity contribution in [3.05, 3.63) is 34.9 Å². The normalized spacial score (nSPS) is 11.3. The third-order valence-electron chi connectivity index (χ3n) is 3.40. The lowest BCUT2D eigenvalue weighted by atomic mass is 9.88. The third-order valence-corrected chi connectivity index (χ3v) is 3.40. The maximum Gasteiger partial charge on any atom is 0.0991 e. The van der Waals surface area contributed by atoms with Gasteiger partial charge in [0.05, 0.1) is 11.6 Å². The van der Waals surface area contributed by atoms with Gasteiger partial charge in [0.15, 0.2) is 0 Å². The van der Waals surface area contributed by atoms with Crippen molar-refractivity contribution >= 4 is 0 Å². The van der Waals surface area contributed by atoms with Gasteiger partial charge in [-0.1, -0.05) is 19.9 Å². The van der Waals surface area contributed by atoms with E-state index in [2.05, 4.69) is 25.2 Å². The Bertz CT molecular complexity index is 447. The average molecular weight is 260 g/mol. The zero-order valence-electron chi connectivity index (χ0n) is 12.2. The highest BCUT2D eigenvalue weighted by molar-refractivity contribution is 5.37. The van der Waals surface area contributed by atoms with Crippen LogP contribution < -0.4 is 5.32 Å². The van der Waals surface area contributed by atoms with Crippen molar-refractivity contribution in [1.82, 2.24) is 5.32 Å². The maximum absolute atomic E-state index is 8.87. The van der Waals surface area contributed by atoms with Gasteiger partial charge in [-0.2, -0.15) is 5.26 Å². The Labute approximate surface area is 116 Å². The predicted octanol–water partition coefficient (Wildman–Crippen LogP) is 2.76. The van der Waals surface area contributed by atoms with Crippen molar-refractivity contribution in [3.8, 4) is 6.07 Å². The number of nitrogens with one attached hydrogen (secondary N) is 1. The van der Waals surface area contributed by atoms with Crippen LogP contribution in [0.15, 0.2) is 18.2 Å². The zero-order valence-corrected chi connectivity index (χ0v) is 12.2. The Morgan fingerprint density at radius 3 is 2.68 bits per heavy atom. The molecule has 0 saturated carbocycles. The summed E-state index contributed by atoms with van der Waals surface area (Å²) < 4.78 is 0. The summed E-state index contributed by atoms with van der Waals surface area (Å²) in [5.74, 6) is 0. The summed E-state index contributed by atoms with van der Waals surface area (Å²) in [5.41, 5.74) is 3.30. The molecule has 0 aliphatic heterocycles. The van der Waals surface area contributed by atoms with Crippen LogP contribution in [-0.2, 0) is 6.54 Å². The Hall–Kier alpha value is -1.37. The van der Waals surface area contributed by atoms with E-state index in [4.69, 9.17) is 10.4 Å². The maximum atomic E-state index is 8.87. The Morgan fingerprint density at radius 2 is 2.11 bits per heavy atom. The lowest BCUT2D eigenvalue weighted by molar-refractivity contribution is 0.236. The summed E-state index contributed by atoms with van der Waals surface area (Å²) in [4.78, 5) is 0. The number of benzene rings is 1. The van der Waals surface area contributed by atoms with E-state index in [0.717, 1.165) is 31.5 Å². The quantitative estimate of drug-likeness (QED) is 0.792. The van der Waals surface area contributed by atoms with Crippen LogP contribution in [0.25, 0.3) is 0 Å². The van der Waals surface area contributed by atoms with E-state index in [9.17, 15) is 0 Å². The topological polar surface area (TPSA) is 56.0 Å². The first-order chi connectivity index (χ1) is 8.98. The number of nitrogens with zero attached hydrogens (tertiary/aromatic N) is 1. The second-order valence-electron chi connectivity index (χ2n) is 5.85. The zero-order chi connectivity index (χ0) is 14.3. The molecule has 0 aliphatic rings. The minimum atomic E-state index is 0.198. The van der Waals surface area contributed by atoms with E-state index < -0.39 is 0 Å². The van der Waals surface area contributed by atoms with E-state index in [-0.39, 0.29) is 12.0 Å². The Kier molecular flexibility index (Phi) is 6.01. The molecule has 19 heavy (non-hydrogen) atoms. The van der Waals surface area contributed by atoms with Crippen LogP contribution in [0.2, 0.25) is 0 Å². The van der Waals surface area contributed by atoms with Gasteiger partial charge in [0, 0.05) is 19.7 Å². The molecule has 0 spiro atoms. The molecule has 0 unspecified atom stereocenters. The molecular formula is C16H24N2O. The molecule has 0 atom stereocenters. The van der Waals surface area contributed by atoms with Gasteiger partial charge in [-0.25, -0.2) is 0 Å². The van der Waals surface area contributed by atoms with E-state index in [1.807, 2.05) is 25.1 Å². The van der Waals surface area contributed by atoms with Crippen LogP contribution in [0, 0.1) is 23.7 Å². The molecule has 0 aromatic heterocycles. The second kappa shape index (κ2) is 7.28. The number of hydrogen-bond acceptors (Lipinski definition) is 3. The van der Waals surface area contributed by atoms with Crippen molar-refractivity contribution < 1.29 is 5.11 Å². The lowest BCUT2D eigenvalue weighted by Crippen LogP contribution is -2.29. The van der Waals surface area contributed by atoms with Gasteiger partial charge in [-0.15, -0.1) is 0 Å². The summed E-state index contributed by atoms with van der Waals surface area (Å²) in [6.07, 6.45) is 1.87. The predicted molar refractivity (Wildman–Crippen MR) is 77.7 cm³/mol. The van der Waals surface area contributed by atoms with E-state index >= 15 is 0 Å². The van der Waals surface area contributed by atoms with Crippen LogP contribution in [0.4, 0.5) is 0 Å². The van der Waals surface area contributed by atoms with Gasteiger partial charge in [-0.3, -0.25) is 0 Å². The Morgan fingerprint density at radius 1 is 1.37 bits per heavy atom. The van der Waals surface area contributed by atoms with Crippen molar-refractivity contribution in [3.63, 3.8) is 0 Å². The standard InChI is InChI=1S/C16H24N2O/c1-13-9-14(10-17)5-6-15(13)11-18-12-16(2,3)7-4-8-19/h5-6,9,18-19H,4,7-8,11-12H2,1-3H3. The van der Waals surface area contributed by atoms with E-state index in [1.54, 1.807) is 0 Å². The highest BCUT2D eigenvalue weighted by Crippen LogP contribution is 2.21. The summed E-state index contributed by atoms with van der Waals surface area (Å²) in [6.45, 7) is 8.46. The van der Waals surface area contributed by atoms with Gasteiger partial charge in [0.25, 0.3) is 0 Å². The van der Waals surface area contributed by atoms with Crippen LogP contribution in [0.1, 0.15) is 43.4 Å². The third kappa shape index (κ3) is 5.42. The SMILES string of the molecule is Cc1cc(C#N)ccc1CNCC(C)(C)CCCO. The molecule has 2 N–H and O–H groups in total. The van der Waals surface area contributed by atoms with E-state index in [1.165, 1.54) is 5.56 Å². The molecule has 3 nitrogen and oxygen atoms in total. The molecule has 1 rings (SSSR count). The molecule has 104 valence electrons. The fourth-order valence-corrected chi connectivity index (χ4v) is 2.15. The van der Waals surface area contributed by atoms with Crippen LogP contribution in [0.5, 0.6) is 0 Å². The van der Waals surface area contributed by atoms with Gasteiger partial charge >= 0.3 is 0 Å². The van der Waals surface area contributed by atoms with Crippen molar-refractivity contribution in [1.29, 1.82) is 5.26 Å². The summed E-state index contributed by atoms with van der Waals surface area (Å²) >= 11 is 0. The first kappa shape index (κ1) is 15.7.